The van der Waals surface area contributed by atoms with Crippen molar-refractivity contribution in [3.8, 4) is 5.75 Å². The van der Waals surface area contributed by atoms with Crippen LogP contribution in [-0.2, 0) is 22.6 Å². The summed E-state index contributed by atoms with van der Waals surface area (Å²) in [7, 11) is 0. The zero-order valence-corrected chi connectivity index (χ0v) is 25.5. The largest absolute Gasteiger partial charge is 0.483 e. The van der Waals surface area contributed by atoms with Crippen molar-refractivity contribution < 1.29 is 14.3 Å². The van der Waals surface area contributed by atoms with Gasteiger partial charge in [-0.1, -0.05) is 96.9 Å². The number of amides is 2. The summed E-state index contributed by atoms with van der Waals surface area (Å²) in [6.45, 7) is 3.86. The molecule has 0 radical (unpaired) electrons. The van der Waals surface area contributed by atoms with Gasteiger partial charge in [0.15, 0.2) is 6.61 Å². The molecule has 0 aliphatic carbocycles. The Labute approximate surface area is 253 Å². The maximum absolute atomic E-state index is 13.9. The maximum atomic E-state index is 13.9. The van der Waals surface area contributed by atoms with Gasteiger partial charge in [0.1, 0.15) is 11.8 Å². The van der Waals surface area contributed by atoms with Crippen LogP contribution in [0.5, 0.6) is 5.75 Å². The molecule has 208 valence electrons. The lowest BCUT2D eigenvalue weighted by Gasteiger charge is -2.32. The summed E-state index contributed by atoms with van der Waals surface area (Å²) in [4.78, 5) is 29.1. The lowest BCUT2D eigenvalue weighted by atomic mass is 10.0. The van der Waals surface area contributed by atoms with E-state index in [1.807, 2.05) is 80.6 Å². The summed E-state index contributed by atoms with van der Waals surface area (Å²) >= 11 is 16.1. The Hall–Kier alpha value is -3.06. The van der Waals surface area contributed by atoms with Crippen LogP contribution in [0.3, 0.4) is 0 Å². The van der Waals surface area contributed by atoms with Crippen LogP contribution < -0.4 is 10.1 Å². The molecule has 8 heteroatoms. The molecule has 0 aliphatic rings. The maximum Gasteiger partial charge on any atom is 0.261 e. The first-order valence-electron chi connectivity index (χ1n) is 13.1. The molecule has 4 rings (SSSR count). The van der Waals surface area contributed by atoms with Gasteiger partial charge < -0.3 is 15.0 Å². The van der Waals surface area contributed by atoms with Crippen LogP contribution in [0, 0.1) is 0 Å². The Morgan fingerprint density at radius 3 is 2.38 bits per heavy atom. The third-order valence-electron chi connectivity index (χ3n) is 6.79. The van der Waals surface area contributed by atoms with Crippen molar-refractivity contribution in [3.63, 3.8) is 0 Å². The predicted octanol–water partition coefficient (Wildman–Crippen LogP) is 7.84. The van der Waals surface area contributed by atoms with Crippen molar-refractivity contribution in [2.45, 2.75) is 45.3 Å². The molecule has 0 bridgehead atoms. The van der Waals surface area contributed by atoms with Gasteiger partial charge in [-0.3, -0.25) is 9.59 Å². The van der Waals surface area contributed by atoms with Gasteiger partial charge in [0.25, 0.3) is 5.91 Å². The smallest absolute Gasteiger partial charge is 0.261 e. The van der Waals surface area contributed by atoms with E-state index < -0.39 is 6.04 Å². The van der Waals surface area contributed by atoms with Crippen molar-refractivity contribution >= 4 is 61.7 Å². The topological polar surface area (TPSA) is 58.6 Å². The molecule has 2 atom stereocenters. The molecule has 40 heavy (non-hydrogen) atoms. The number of carbonyl (C=O) groups excluding carboxylic acids is 2. The van der Waals surface area contributed by atoms with Crippen LogP contribution in [0.15, 0.2) is 89.4 Å². The lowest BCUT2D eigenvalue weighted by molar-refractivity contribution is -0.143. The van der Waals surface area contributed by atoms with E-state index in [4.69, 9.17) is 27.9 Å². The lowest BCUT2D eigenvalue weighted by Crippen LogP contribution is -2.53. The number of rotatable bonds is 11. The molecule has 0 aromatic heterocycles. The average Bonchev–Trinajstić information content (AvgIpc) is 2.96. The van der Waals surface area contributed by atoms with E-state index in [1.54, 1.807) is 23.1 Å². The highest BCUT2D eigenvalue weighted by molar-refractivity contribution is 9.10. The Kier molecular flexibility index (Phi) is 10.5. The van der Waals surface area contributed by atoms with Gasteiger partial charge in [-0.2, -0.15) is 0 Å². The summed E-state index contributed by atoms with van der Waals surface area (Å²) in [6, 6.07) is 25.8. The number of fused-ring (bicyclic) bond motifs is 1. The number of hydrogen-bond acceptors (Lipinski definition) is 3. The van der Waals surface area contributed by atoms with E-state index in [2.05, 4.69) is 21.2 Å². The third kappa shape index (κ3) is 7.57. The standard InChI is InChI=1S/C32H31BrCl2N2O3/c1-3-21(2)36-32(39)28(18-22-9-5-4-6-10-22)37(19-23-13-15-26(34)27(35)17-23)30(38)20-40-29-16-14-24-11-7-8-12-25(24)31(29)33/h4-17,21,28H,3,18-20H2,1-2H3,(H,36,39). The van der Waals surface area contributed by atoms with Crippen molar-refractivity contribution in [2.75, 3.05) is 6.61 Å². The third-order valence-corrected chi connectivity index (χ3v) is 8.35. The van der Waals surface area contributed by atoms with Crippen LogP contribution in [0.4, 0.5) is 0 Å². The van der Waals surface area contributed by atoms with Crippen molar-refractivity contribution in [3.05, 3.63) is 111 Å². The summed E-state index contributed by atoms with van der Waals surface area (Å²) in [5, 5.41) is 5.90. The second kappa shape index (κ2) is 14.0. The molecule has 0 heterocycles. The Morgan fingerprint density at radius 2 is 1.65 bits per heavy atom. The van der Waals surface area contributed by atoms with E-state index in [9.17, 15) is 9.59 Å². The Balaban J connectivity index is 1.66. The number of halogens is 3. The normalized spacial score (nSPS) is 12.5. The highest BCUT2D eigenvalue weighted by Gasteiger charge is 2.31. The van der Waals surface area contributed by atoms with Crippen LogP contribution in [0.2, 0.25) is 10.0 Å². The van der Waals surface area contributed by atoms with Gasteiger partial charge in [-0.25, -0.2) is 0 Å². The fraction of sp³-hybridized carbons (Fsp3) is 0.250. The minimum Gasteiger partial charge on any atom is -0.483 e. The zero-order valence-electron chi connectivity index (χ0n) is 22.4. The summed E-state index contributed by atoms with van der Waals surface area (Å²) in [5.74, 6) is -0.00457. The van der Waals surface area contributed by atoms with Gasteiger partial charge >= 0.3 is 0 Å². The molecule has 0 fully saturated rings. The van der Waals surface area contributed by atoms with E-state index in [1.165, 1.54) is 0 Å². The minimum atomic E-state index is -0.776. The molecule has 4 aromatic rings. The van der Waals surface area contributed by atoms with E-state index >= 15 is 0 Å². The Bertz CT molecular complexity index is 1480. The monoisotopic (exact) mass is 640 g/mol. The number of nitrogens with one attached hydrogen (secondary N) is 1. The quantitative estimate of drug-likeness (QED) is 0.181. The molecule has 4 aromatic carbocycles. The molecule has 0 aliphatic heterocycles. The molecule has 0 saturated carbocycles. The van der Waals surface area contributed by atoms with Crippen molar-refractivity contribution in [1.29, 1.82) is 0 Å². The molecule has 2 amide bonds. The molecule has 0 saturated heterocycles. The summed E-state index contributed by atoms with van der Waals surface area (Å²) in [6.07, 6.45) is 1.11. The van der Waals surface area contributed by atoms with Gasteiger partial charge in [-0.15, -0.1) is 0 Å². The van der Waals surface area contributed by atoms with Gasteiger partial charge in [0.05, 0.1) is 14.5 Å². The fourth-order valence-corrected chi connectivity index (χ4v) is 5.31. The molecule has 5 nitrogen and oxygen atoms in total. The highest BCUT2D eigenvalue weighted by atomic mass is 79.9. The van der Waals surface area contributed by atoms with E-state index in [-0.39, 0.29) is 31.0 Å². The number of ether oxygens (including phenoxy) is 1. The van der Waals surface area contributed by atoms with E-state index in [0.29, 0.717) is 22.2 Å². The zero-order chi connectivity index (χ0) is 28.6. The van der Waals surface area contributed by atoms with Crippen LogP contribution in [0.1, 0.15) is 31.4 Å². The SMILES string of the molecule is CCC(C)NC(=O)C(Cc1ccccc1)N(Cc1ccc(Cl)c(Cl)c1)C(=O)COc1ccc2ccccc2c1Br. The molecule has 0 spiro atoms. The number of hydrogen-bond donors (Lipinski definition) is 1. The van der Waals surface area contributed by atoms with Crippen LogP contribution in [-0.4, -0.2) is 35.4 Å². The van der Waals surface area contributed by atoms with Crippen molar-refractivity contribution in [1.82, 2.24) is 10.2 Å². The number of carbonyl (C=O) groups is 2. The second-order valence-corrected chi connectivity index (χ2v) is 11.3. The van der Waals surface area contributed by atoms with E-state index in [0.717, 1.165) is 32.8 Å². The van der Waals surface area contributed by atoms with Gasteiger partial charge in [0, 0.05) is 19.0 Å². The van der Waals surface area contributed by atoms with Crippen LogP contribution in [0.25, 0.3) is 10.8 Å². The van der Waals surface area contributed by atoms with Crippen molar-refractivity contribution in [2.24, 2.45) is 0 Å². The second-order valence-electron chi connectivity index (χ2n) is 9.68. The number of nitrogens with zero attached hydrogens (tertiary/aromatic N) is 1. The molecular weight excluding hydrogens is 611 g/mol. The average molecular weight is 642 g/mol. The molecular formula is C32H31BrCl2N2O3. The first-order valence-corrected chi connectivity index (χ1v) is 14.7. The number of benzene rings is 4. The Morgan fingerprint density at radius 1 is 0.925 bits per heavy atom. The summed E-state index contributed by atoms with van der Waals surface area (Å²) in [5.41, 5.74) is 1.70. The molecule has 2 unspecified atom stereocenters. The first kappa shape index (κ1) is 29.9. The molecule has 1 N–H and O–H groups in total. The summed E-state index contributed by atoms with van der Waals surface area (Å²) < 4.78 is 6.80. The van der Waals surface area contributed by atoms with Gasteiger partial charge in [0.2, 0.25) is 5.91 Å². The minimum absolute atomic E-state index is 0.0440. The first-order chi connectivity index (χ1) is 19.3. The van der Waals surface area contributed by atoms with Crippen LogP contribution >= 0.6 is 39.1 Å². The highest BCUT2D eigenvalue weighted by Crippen LogP contribution is 2.33. The predicted molar refractivity (Wildman–Crippen MR) is 166 cm³/mol. The van der Waals surface area contributed by atoms with Gasteiger partial charge in [-0.05, 0) is 69.4 Å². The fourth-order valence-electron chi connectivity index (χ4n) is 4.38.